The molecule has 0 fully saturated rings. The van der Waals surface area contributed by atoms with E-state index >= 15 is 0 Å². The van der Waals surface area contributed by atoms with Crippen LogP contribution in [0.3, 0.4) is 0 Å². The van der Waals surface area contributed by atoms with E-state index in [9.17, 15) is 13.2 Å². The summed E-state index contributed by atoms with van der Waals surface area (Å²) in [4.78, 5) is 18.7. The summed E-state index contributed by atoms with van der Waals surface area (Å²) in [5.74, 6) is -0.206. The number of rotatable bonds is 4. The number of nitrogens with one attached hydrogen (secondary N) is 2. The molecule has 0 bridgehead atoms. The third-order valence-electron chi connectivity index (χ3n) is 2.47. The molecule has 1 aliphatic rings. The lowest BCUT2D eigenvalue weighted by atomic mass is 10.2. The van der Waals surface area contributed by atoms with Gasteiger partial charge in [-0.15, -0.1) is 4.83 Å². The van der Waals surface area contributed by atoms with Crippen molar-refractivity contribution >= 4 is 22.4 Å². The monoisotopic (exact) mass is 294 g/mol. The van der Waals surface area contributed by atoms with Gasteiger partial charge in [0, 0.05) is 12.7 Å². The van der Waals surface area contributed by atoms with Gasteiger partial charge in [-0.25, -0.2) is 18.2 Å². The topological polar surface area (TPSA) is 90.9 Å². The Morgan fingerprint density at radius 1 is 1.30 bits per heavy atom. The summed E-state index contributed by atoms with van der Waals surface area (Å²) < 4.78 is 23.6. The number of amides is 2. The molecule has 0 aromatic heterocycles. The minimum absolute atomic E-state index is 0.206. The molecule has 0 spiro atoms. The first-order valence-electron chi connectivity index (χ1n) is 5.85. The van der Waals surface area contributed by atoms with E-state index in [0.29, 0.717) is 12.1 Å². The number of urea groups is 1. The summed E-state index contributed by atoms with van der Waals surface area (Å²) in [6.45, 7) is 0.343. The van der Waals surface area contributed by atoms with Crippen LogP contribution in [-0.4, -0.2) is 32.2 Å². The molecule has 0 saturated carbocycles. The lowest BCUT2D eigenvalue weighted by Gasteiger charge is -2.18. The Morgan fingerprint density at radius 2 is 2.05 bits per heavy atom. The predicted molar refractivity (Wildman–Crippen MR) is 75.1 cm³/mol. The molecular formula is C12H14N4O3S. The van der Waals surface area contributed by atoms with E-state index in [1.54, 1.807) is 42.6 Å². The number of carbonyl (C=O) groups excluding carboxylic acids is 1. The maximum Gasteiger partial charge on any atom is 0.338 e. The lowest BCUT2D eigenvalue weighted by molar-refractivity contribution is 0.222. The summed E-state index contributed by atoms with van der Waals surface area (Å²) in [6.07, 6.45) is 4.56. The van der Waals surface area contributed by atoms with E-state index in [1.165, 1.54) is 11.2 Å². The molecule has 2 rings (SSSR count). The smallest absolute Gasteiger partial charge is 0.280 e. The Morgan fingerprint density at radius 3 is 2.70 bits per heavy atom. The first-order chi connectivity index (χ1) is 9.57. The number of hydrazine groups is 1. The van der Waals surface area contributed by atoms with Gasteiger partial charge in [0.15, 0.2) is 0 Å². The van der Waals surface area contributed by atoms with Gasteiger partial charge in [-0.05, 0) is 11.6 Å². The van der Waals surface area contributed by atoms with Gasteiger partial charge in [-0.3, -0.25) is 10.3 Å². The standard InChI is InChI=1S/C12H14N4O3S/c17-12(16-8-4-7-13-10-16)14-15-20(18,19)9-11-5-2-1-3-6-11/h1-7,10,15H,8-9H2,(H,14,17). The maximum atomic E-state index is 11.8. The molecule has 1 aliphatic heterocycles. The molecule has 0 saturated heterocycles. The molecule has 0 radical (unpaired) electrons. The highest BCUT2D eigenvalue weighted by Crippen LogP contribution is 2.03. The molecule has 2 amide bonds. The van der Waals surface area contributed by atoms with Crippen molar-refractivity contribution in [3.8, 4) is 0 Å². The van der Waals surface area contributed by atoms with Crippen LogP contribution in [0, 0.1) is 0 Å². The van der Waals surface area contributed by atoms with E-state index in [1.807, 2.05) is 4.83 Å². The molecule has 0 atom stereocenters. The van der Waals surface area contributed by atoms with Crippen LogP contribution >= 0.6 is 0 Å². The highest BCUT2D eigenvalue weighted by molar-refractivity contribution is 7.88. The fourth-order valence-corrected chi connectivity index (χ4v) is 2.49. The molecule has 1 aromatic rings. The van der Waals surface area contributed by atoms with Gasteiger partial charge in [0.1, 0.15) is 0 Å². The van der Waals surface area contributed by atoms with Gasteiger partial charge in [0.25, 0.3) is 0 Å². The second kappa shape index (κ2) is 6.31. The Kier molecular flexibility index (Phi) is 4.49. The van der Waals surface area contributed by atoms with Crippen molar-refractivity contribution < 1.29 is 13.2 Å². The predicted octanol–water partition coefficient (Wildman–Crippen LogP) is 0.588. The van der Waals surface area contributed by atoms with Crippen LogP contribution in [0.15, 0.2) is 47.6 Å². The molecule has 8 heteroatoms. The minimum Gasteiger partial charge on any atom is -0.280 e. The van der Waals surface area contributed by atoms with Crippen molar-refractivity contribution in [1.82, 2.24) is 15.2 Å². The van der Waals surface area contributed by atoms with Gasteiger partial charge in [0.05, 0.1) is 12.1 Å². The first kappa shape index (κ1) is 14.2. The molecule has 106 valence electrons. The average molecular weight is 294 g/mol. The summed E-state index contributed by atoms with van der Waals surface area (Å²) in [5, 5.41) is 0. The number of carbonyl (C=O) groups is 1. The van der Waals surface area contributed by atoms with Crippen LogP contribution in [0.4, 0.5) is 4.79 Å². The molecule has 1 aromatic carbocycles. The maximum absolute atomic E-state index is 11.8. The van der Waals surface area contributed by atoms with Crippen LogP contribution in [0.5, 0.6) is 0 Å². The van der Waals surface area contributed by atoms with Gasteiger partial charge in [-0.1, -0.05) is 30.3 Å². The largest absolute Gasteiger partial charge is 0.338 e. The molecule has 1 heterocycles. The minimum atomic E-state index is -3.64. The van der Waals surface area contributed by atoms with E-state index < -0.39 is 16.1 Å². The van der Waals surface area contributed by atoms with Crippen LogP contribution in [0.25, 0.3) is 0 Å². The van der Waals surface area contributed by atoms with Crippen molar-refractivity contribution in [3.05, 3.63) is 48.2 Å². The van der Waals surface area contributed by atoms with Crippen LogP contribution < -0.4 is 10.3 Å². The van der Waals surface area contributed by atoms with E-state index in [4.69, 9.17) is 0 Å². The van der Waals surface area contributed by atoms with Gasteiger partial charge < -0.3 is 0 Å². The molecular weight excluding hydrogens is 280 g/mol. The van der Waals surface area contributed by atoms with Gasteiger partial charge in [-0.2, -0.15) is 0 Å². The molecule has 20 heavy (non-hydrogen) atoms. The van der Waals surface area contributed by atoms with Crippen molar-refractivity contribution in [2.24, 2.45) is 4.99 Å². The number of aliphatic imine (C=N–C) groups is 1. The van der Waals surface area contributed by atoms with Gasteiger partial charge >= 0.3 is 6.03 Å². The van der Waals surface area contributed by atoms with Crippen LogP contribution in [0.2, 0.25) is 0 Å². The first-order valence-corrected chi connectivity index (χ1v) is 7.50. The second-order valence-electron chi connectivity index (χ2n) is 4.08. The summed E-state index contributed by atoms with van der Waals surface area (Å²) >= 11 is 0. The zero-order valence-corrected chi connectivity index (χ0v) is 11.4. The zero-order valence-electron chi connectivity index (χ0n) is 10.6. The van der Waals surface area contributed by atoms with E-state index in [2.05, 4.69) is 10.4 Å². The quantitative estimate of drug-likeness (QED) is 0.796. The Labute approximate surface area is 117 Å². The SMILES string of the molecule is O=C(NNS(=O)(=O)Cc1ccccc1)N1C=NC=CC1. The Hall–Kier alpha value is -2.19. The lowest BCUT2D eigenvalue weighted by Crippen LogP contribution is -2.49. The number of sulfonamides is 1. The number of benzene rings is 1. The molecule has 2 N–H and O–H groups in total. The summed E-state index contributed by atoms with van der Waals surface area (Å²) in [7, 11) is -3.64. The fraction of sp³-hybridized carbons (Fsp3) is 0.167. The third-order valence-corrected chi connectivity index (χ3v) is 3.60. The average Bonchev–Trinajstić information content (AvgIpc) is 2.46. The fourth-order valence-electron chi connectivity index (χ4n) is 1.55. The molecule has 0 aliphatic carbocycles. The normalized spacial score (nSPS) is 14.3. The number of hydrogen-bond donors (Lipinski definition) is 2. The number of hydrogen-bond acceptors (Lipinski definition) is 4. The summed E-state index contributed by atoms with van der Waals surface area (Å²) in [6, 6.07) is 8.11. The molecule has 0 unspecified atom stereocenters. The van der Waals surface area contributed by atoms with Crippen molar-refractivity contribution in [3.63, 3.8) is 0 Å². The van der Waals surface area contributed by atoms with Crippen molar-refractivity contribution in [2.45, 2.75) is 5.75 Å². The van der Waals surface area contributed by atoms with Crippen LogP contribution in [0.1, 0.15) is 5.56 Å². The third kappa shape index (κ3) is 4.18. The van der Waals surface area contributed by atoms with Crippen molar-refractivity contribution in [2.75, 3.05) is 6.54 Å². The zero-order chi connectivity index (χ0) is 14.4. The highest BCUT2D eigenvalue weighted by Gasteiger charge is 2.16. The second-order valence-corrected chi connectivity index (χ2v) is 5.80. The van der Waals surface area contributed by atoms with Crippen molar-refractivity contribution in [1.29, 1.82) is 0 Å². The van der Waals surface area contributed by atoms with E-state index in [-0.39, 0.29) is 5.75 Å². The molecule has 7 nitrogen and oxygen atoms in total. The van der Waals surface area contributed by atoms with Gasteiger partial charge in [0.2, 0.25) is 10.0 Å². The van der Waals surface area contributed by atoms with Crippen LogP contribution in [-0.2, 0) is 15.8 Å². The summed E-state index contributed by atoms with van der Waals surface area (Å²) in [5.41, 5.74) is 2.77. The van der Waals surface area contributed by atoms with E-state index in [0.717, 1.165) is 0 Å². The Balaban J connectivity index is 1.88. The Bertz CT molecular complexity index is 625. The number of nitrogens with zero attached hydrogens (tertiary/aromatic N) is 2. The highest BCUT2D eigenvalue weighted by atomic mass is 32.2.